The van der Waals surface area contributed by atoms with Crippen LogP contribution in [0.3, 0.4) is 0 Å². The molecule has 0 saturated heterocycles. The van der Waals surface area contributed by atoms with Crippen LogP contribution < -0.4 is 5.56 Å². The van der Waals surface area contributed by atoms with Crippen molar-refractivity contribution in [1.82, 2.24) is 9.55 Å². The zero-order chi connectivity index (χ0) is 22.2. The Hall–Kier alpha value is -3.30. The van der Waals surface area contributed by atoms with Crippen LogP contribution in [0.15, 0.2) is 23.0 Å². The first-order valence-corrected chi connectivity index (χ1v) is 9.99. The summed E-state index contributed by atoms with van der Waals surface area (Å²) in [5, 5.41) is 22.9. The van der Waals surface area contributed by atoms with Crippen molar-refractivity contribution in [3.63, 3.8) is 0 Å². The highest BCUT2D eigenvalue weighted by Crippen LogP contribution is 2.40. The second-order valence-corrected chi connectivity index (χ2v) is 8.16. The molecule has 0 saturated carbocycles. The predicted molar refractivity (Wildman–Crippen MR) is 111 cm³/mol. The van der Waals surface area contributed by atoms with E-state index >= 15 is 0 Å². The maximum Gasteiger partial charge on any atom is 0.343 e. The lowest BCUT2D eigenvalue weighted by molar-refractivity contribution is -0.385. The third-order valence-electron chi connectivity index (χ3n) is 6.19. The molecule has 2 aromatic heterocycles. The average Bonchev–Trinajstić information content (AvgIpc) is 3.10. The molecule has 10 heteroatoms. The number of aromatic nitrogens is 2. The molecule has 1 N–H and O–H groups in total. The summed E-state index contributed by atoms with van der Waals surface area (Å²) in [5.41, 5.74) is 0.519. The number of aryl methyl sites for hydroxylation is 1. The van der Waals surface area contributed by atoms with Gasteiger partial charge in [-0.3, -0.25) is 14.9 Å². The number of rotatable bonds is 2. The first kappa shape index (κ1) is 19.7. The highest BCUT2D eigenvalue weighted by atomic mass is 35.5. The SMILES string of the molecule is CC[C@@]1(O)C(=O)OCc2c1cc1n(c2=O)Cc2cc3c(C)c([N+](=O)[O-])cc(Cl)c3nc2-1. The molecule has 2 aliphatic rings. The maximum atomic E-state index is 13.2. The summed E-state index contributed by atoms with van der Waals surface area (Å²) in [7, 11) is 0. The van der Waals surface area contributed by atoms with Crippen molar-refractivity contribution >= 4 is 34.2 Å². The second-order valence-electron chi connectivity index (χ2n) is 7.75. The van der Waals surface area contributed by atoms with Crippen molar-refractivity contribution in [2.75, 3.05) is 0 Å². The van der Waals surface area contributed by atoms with Crippen molar-refractivity contribution in [2.45, 2.75) is 39.0 Å². The van der Waals surface area contributed by atoms with E-state index in [1.165, 1.54) is 10.6 Å². The molecule has 1 atom stereocenters. The van der Waals surface area contributed by atoms with Crippen LogP contribution >= 0.6 is 11.6 Å². The molecule has 9 nitrogen and oxygen atoms in total. The molecule has 5 rings (SSSR count). The largest absolute Gasteiger partial charge is 0.458 e. The Morgan fingerprint density at radius 1 is 1.35 bits per heavy atom. The number of aliphatic hydroxyl groups is 1. The fourth-order valence-electron chi connectivity index (χ4n) is 4.41. The van der Waals surface area contributed by atoms with E-state index in [1.54, 1.807) is 26.0 Å². The lowest BCUT2D eigenvalue weighted by Crippen LogP contribution is -2.44. The number of carbonyl (C=O) groups is 1. The number of nitro benzene ring substituents is 1. The Labute approximate surface area is 180 Å². The molecule has 2 aliphatic heterocycles. The van der Waals surface area contributed by atoms with E-state index in [1.807, 2.05) is 0 Å². The molecule has 0 aliphatic carbocycles. The quantitative estimate of drug-likeness (QED) is 0.288. The summed E-state index contributed by atoms with van der Waals surface area (Å²) in [6, 6.07) is 4.63. The van der Waals surface area contributed by atoms with E-state index in [9.17, 15) is 24.8 Å². The third kappa shape index (κ3) is 2.50. The van der Waals surface area contributed by atoms with Gasteiger partial charge in [-0.1, -0.05) is 18.5 Å². The van der Waals surface area contributed by atoms with Gasteiger partial charge in [0.25, 0.3) is 11.2 Å². The summed E-state index contributed by atoms with van der Waals surface area (Å²) in [6.07, 6.45) is 0.0500. The molecule has 3 aromatic rings. The number of halogens is 1. The number of nitro groups is 1. The number of ether oxygens (including phenoxy) is 1. The Morgan fingerprint density at radius 3 is 2.77 bits per heavy atom. The minimum Gasteiger partial charge on any atom is -0.458 e. The monoisotopic (exact) mass is 441 g/mol. The molecule has 0 amide bonds. The highest BCUT2D eigenvalue weighted by molar-refractivity contribution is 6.35. The number of carbonyl (C=O) groups excluding carboxylic acids is 1. The number of esters is 1. The number of pyridine rings is 2. The average molecular weight is 442 g/mol. The lowest BCUT2D eigenvalue weighted by atomic mass is 9.86. The van der Waals surface area contributed by atoms with E-state index in [2.05, 4.69) is 4.98 Å². The summed E-state index contributed by atoms with van der Waals surface area (Å²) in [5.74, 6) is -0.789. The third-order valence-corrected chi connectivity index (χ3v) is 6.48. The Morgan fingerprint density at radius 2 is 2.10 bits per heavy atom. The first-order valence-electron chi connectivity index (χ1n) is 9.61. The smallest absolute Gasteiger partial charge is 0.343 e. The zero-order valence-electron chi connectivity index (χ0n) is 16.6. The van der Waals surface area contributed by atoms with Crippen molar-refractivity contribution < 1.29 is 19.6 Å². The van der Waals surface area contributed by atoms with Crippen LogP contribution in [-0.4, -0.2) is 25.6 Å². The van der Waals surface area contributed by atoms with Gasteiger partial charge in [0, 0.05) is 28.1 Å². The van der Waals surface area contributed by atoms with Gasteiger partial charge in [-0.15, -0.1) is 0 Å². The molecule has 0 unspecified atom stereocenters. The summed E-state index contributed by atoms with van der Waals surface area (Å²) in [6.45, 7) is 3.26. The maximum absolute atomic E-state index is 13.2. The molecule has 0 radical (unpaired) electrons. The van der Waals surface area contributed by atoms with Crippen molar-refractivity contribution in [3.05, 3.63) is 65.9 Å². The van der Waals surface area contributed by atoms with Crippen LogP contribution in [0.2, 0.25) is 5.02 Å². The fourth-order valence-corrected chi connectivity index (χ4v) is 4.66. The van der Waals surface area contributed by atoms with Gasteiger partial charge in [-0.05, 0) is 25.5 Å². The van der Waals surface area contributed by atoms with Crippen LogP contribution in [0.25, 0.3) is 22.3 Å². The number of benzene rings is 1. The molecular weight excluding hydrogens is 426 g/mol. The number of nitrogens with zero attached hydrogens (tertiary/aromatic N) is 3. The molecule has 0 bridgehead atoms. The Balaban J connectivity index is 1.80. The van der Waals surface area contributed by atoms with Gasteiger partial charge in [0.2, 0.25) is 0 Å². The van der Waals surface area contributed by atoms with E-state index < -0.39 is 16.5 Å². The van der Waals surface area contributed by atoms with E-state index in [4.69, 9.17) is 16.3 Å². The van der Waals surface area contributed by atoms with E-state index in [0.29, 0.717) is 33.4 Å². The summed E-state index contributed by atoms with van der Waals surface area (Å²) in [4.78, 5) is 40.9. The normalized spacial score (nSPS) is 19.0. The number of fused-ring (bicyclic) bond motifs is 5. The lowest BCUT2D eigenvalue weighted by Gasteiger charge is -2.31. The van der Waals surface area contributed by atoms with Crippen LogP contribution in [-0.2, 0) is 28.3 Å². The predicted octanol–water partition coefficient (Wildman–Crippen LogP) is 2.95. The first-order chi connectivity index (χ1) is 14.7. The van der Waals surface area contributed by atoms with Crippen molar-refractivity contribution in [2.24, 2.45) is 0 Å². The number of hydrogen-bond acceptors (Lipinski definition) is 7. The topological polar surface area (TPSA) is 125 Å². The van der Waals surface area contributed by atoms with E-state index in [0.717, 1.165) is 0 Å². The molecule has 1 aromatic carbocycles. The molecule has 0 fully saturated rings. The van der Waals surface area contributed by atoms with Gasteiger partial charge in [0.05, 0.1) is 39.0 Å². The van der Waals surface area contributed by atoms with Gasteiger partial charge in [-0.25, -0.2) is 9.78 Å². The molecular formula is C21H16ClN3O6. The van der Waals surface area contributed by atoms with Gasteiger partial charge < -0.3 is 14.4 Å². The Bertz CT molecular complexity index is 1410. The van der Waals surface area contributed by atoms with Gasteiger partial charge in [0.1, 0.15) is 6.61 Å². The van der Waals surface area contributed by atoms with Crippen molar-refractivity contribution in [3.8, 4) is 11.4 Å². The van der Waals surface area contributed by atoms with Crippen LogP contribution in [0.5, 0.6) is 0 Å². The number of cyclic esters (lactones) is 1. The number of hydrogen-bond donors (Lipinski definition) is 1. The fraction of sp³-hybridized carbons (Fsp3) is 0.286. The van der Waals surface area contributed by atoms with Crippen molar-refractivity contribution in [1.29, 1.82) is 0 Å². The van der Waals surface area contributed by atoms with Gasteiger partial charge in [-0.2, -0.15) is 0 Å². The summed E-state index contributed by atoms with van der Waals surface area (Å²) < 4.78 is 6.56. The highest BCUT2D eigenvalue weighted by Gasteiger charge is 2.45. The minimum absolute atomic E-state index is 0.0500. The van der Waals surface area contributed by atoms with Gasteiger partial charge >= 0.3 is 5.97 Å². The molecule has 0 spiro atoms. The van der Waals surface area contributed by atoms with Crippen LogP contribution in [0, 0.1) is 17.0 Å². The minimum atomic E-state index is -1.91. The second kappa shape index (κ2) is 6.35. The zero-order valence-corrected chi connectivity index (χ0v) is 17.3. The van der Waals surface area contributed by atoms with E-state index in [-0.39, 0.29) is 47.0 Å². The molecule has 31 heavy (non-hydrogen) atoms. The Kier molecular flexibility index (Phi) is 4.03. The van der Waals surface area contributed by atoms with Crippen LogP contribution in [0.4, 0.5) is 5.69 Å². The van der Waals surface area contributed by atoms with Gasteiger partial charge in [0.15, 0.2) is 5.60 Å². The summed E-state index contributed by atoms with van der Waals surface area (Å²) >= 11 is 6.30. The standard InChI is InChI=1S/C21H16ClN3O6/c1-3-21(28)13-5-16-17-10(7-24(16)19(26)12(13)8-31-20(21)27)4-11-9(2)15(25(29)30)6-14(22)18(11)23-17/h4-6,28H,3,7-8H2,1-2H3/t21-/m0/s1. The molecule has 4 heterocycles. The molecule has 158 valence electrons. The van der Waals surface area contributed by atoms with Crippen LogP contribution in [0.1, 0.15) is 35.6 Å².